The highest BCUT2D eigenvalue weighted by Crippen LogP contribution is 2.47. The number of halogens is 7. The molecule has 0 spiro atoms. The van der Waals surface area contributed by atoms with Gasteiger partial charge < -0.3 is 0 Å². The molecule has 31 heavy (non-hydrogen) atoms. The van der Waals surface area contributed by atoms with Crippen molar-refractivity contribution in [2.45, 2.75) is 31.2 Å². The third-order valence-corrected chi connectivity index (χ3v) is 5.14. The van der Waals surface area contributed by atoms with E-state index in [1.54, 1.807) is 0 Å². The number of pyridine rings is 1. The zero-order valence-electron chi connectivity index (χ0n) is 15.2. The number of rotatable bonds is 3. The summed E-state index contributed by atoms with van der Waals surface area (Å²) in [4.78, 5) is 16.7. The molecule has 3 aromatic heterocycles. The lowest BCUT2D eigenvalue weighted by Crippen LogP contribution is -2.22. The van der Waals surface area contributed by atoms with Gasteiger partial charge in [-0.15, -0.1) is 0 Å². The molecule has 2 atom stereocenters. The first-order valence-electron chi connectivity index (χ1n) is 8.72. The van der Waals surface area contributed by atoms with Gasteiger partial charge in [-0.1, -0.05) is 11.6 Å². The minimum Gasteiger partial charge on any atom is -0.269 e. The number of hydrogen-bond acceptors (Lipinski definition) is 4. The summed E-state index contributed by atoms with van der Waals surface area (Å²) < 4.78 is 80.2. The van der Waals surface area contributed by atoms with E-state index >= 15 is 0 Å². The highest BCUT2D eigenvalue weighted by atomic mass is 35.5. The summed E-state index contributed by atoms with van der Waals surface area (Å²) in [5.74, 6) is -1.06. The van der Waals surface area contributed by atoms with Crippen molar-refractivity contribution in [3.05, 3.63) is 62.4 Å². The third-order valence-electron chi connectivity index (χ3n) is 4.84. The fourth-order valence-corrected chi connectivity index (χ4v) is 3.49. The minimum absolute atomic E-state index is 0.0110. The molecule has 1 aliphatic rings. The molecular weight excluding hydrogens is 452 g/mol. The zero-order chi connectivity index (χ0) is 22.7. The lowest BCUT2D eigenvalue weighted by molar-refractivity contribution is -0.141. The van der Waals surface area contributed by atoms with Gasteiger partial charge in [0.15, 0.2) is 5.69 Å². The van der Waals surface area contributed by atoms with Gasteiger partial charge in [0.1, 0.15) is 10.8 Å². The van der Waals surface area contributed by atoms with Gasteiger partial charge in [-0.2, -0.15) is 36.7 Å². The van der Waals surface area contributed by atoms with Crippen molar-refractivity contribution < 1.29 is 26.3 Å². The molecule has 0 N–H and O–H groups in total. The summed E-state index contributed by atoms with van der Waals surface area (Å²) in [5.41, 5.74) is -3.49. The van der Waals surface area contributed by atoms with Gasteiger partial charge in [-0.05, 0) is 18.6 Å². The fraction of sp³-hybridized carbons (Fsp3) is 0.333. The fourth-order valence-electron chi connectivity index (χ4n) is 3.29. The SMILES string of the molecule is N#C[C@@H]1C[C@H]1c1cc(C(F)(F)F)cc2nc(Cn3nc(C(F)(F)F)cc3Cl)cc(=O)n12. The van der Waals surface area contributed by atoms with Gasteiger partial charge in [0.25, 0.3) is 5.56 Å². The average molecular weight is 462 g/mol. The maximum Gasteiger partial charge on any atom is 0.435 e. The normalized spacial score (nSPS) is 18.9. The van der Waals surface area contributed by atoms with Crippen LogP contribution in [0.4, 0.5) is 26.3 Å². The van der Waals surface area contributed by atoms with Crippen LogP contribution in [0.15, 0.2) is 29.1 Å². The lowest BCUT2D eigenvalue weighted by atomic mass is 10.1. The van der Waals surface area contributed by atoms with Crippen LogP contribution in [-0.2, 0) is 18.9 Å². The molecule has 0 amide bonds. The molecule has 0 saturated heterocycles. The van der Waals surface area contributed by atoms with Gasteiger partial charge in [0, 0.05) is 23.7 Å². The van der Waals surface area contributed by atoms with Gasteiger partial charge in [-0.25, -0.2) is 9.67 Å². The van der Waals surface area contributed by atoms with Crippen LogP contribution in [0.3, 0.4) is 0 Å². The molecule has 6 nitrogen and oxygen atoms in total. The number of aromatic nitrogens is 4. The van der Waals surface area contributed by atoms with Crippen molar-refractivity contribution >= 4 is 17.2 Å². The number of alkyl halides is 6. The van der Waals surface area contributed by atoms with Crippen LogP contribution in [0.2, 0.25) is 5.15 Å². The van der Waals surface area contributed by atoms with Crippen LogP contribution >= 0.6 is 11.6 Å². The molecule has 3 heterocycles. The van der Waals surface area contributed by atoms with Crippen LogP contribution in [-0.4, -0.2) is 19.2 Å². The van der Waals surface area contributed by atoms with E-state index in [0.29, 0.717) is 18.6 Å². The maximum atomic E-state index is 13.4. The van der Waals surface area contributed by atoms with Gasteiger partial charge in [-0.3, -0.25) is 9.20 Å². The number of hydrogen-bond donors (Lipinski definition) is 0. The van der Waals surface area contributed by atoms with Crippen LogP contribution in [0.5, 0.6) is 0 Å². The monoisotopic (exact) mass is 461 g/mol. The number of fused-ring (bicyclic) bond motifs is 1. The molecular formula is C18H10ClF6N5O. The molecule has 1 fully saturated rings. The summed E-state index contributed by atoms with van der Waals surface area (Å²) in [7, 11) is 0. The molecule has 4 rings (SSSR count). The van der Waals surface area contributed by atoms with E-state index < -0.39 is 47.5 Å². The largest absolute Gasteiger partial charge is 0.435 e. The first-order valence-corrected chi connectivity index (χ1v) is 9.10. The van der Waals surface area contributed by atoms with Crippen LogP contribution in [0.25, 0.3) is 5.65 Å². The minimum atomic E-state index is -4.75. The highest BCUT2D eigenvalue weighted by molar-refractivity contribution is 6.29. The van der Waals surface area contributed by atoms with Crippen molar-refractivity contribution in [1.82, 2.24) is 19.2 Å². The van der Waals surface area contributed by atoms with Gasteiger partial charge >= 0.3 is 12.4 Å². The Kier molecular flexibility index (Phi) is 4.77. The van der Waals surface area contributed by atoms with E-state index in [0.717, 1.165) is 21.2 Å². The molecule has 3 aromatic rings. The Morgan fingerprint density at radius 3 is 2.39 bits per heavy atom. The quantitative estimate of drug-likeness (QED) is 0.546. The van der Waals surface area contributed by atoms with Crippen molar-refractivity contribution in [1.29, 1.82) is 5.26 Å². The standard InChI is InChI=1S/C18H10ClF6N5O/c19-14-5-13(18(23,24)25)28-29(14)7-10-4-16(31)30-12(11-1-8(11)6-26)2-9(17(20,21)22)3-15(30)27-10/h2-5,8,11H,1,7H2/t8-,11+/m0/s1. The Morgan fingerprint density at radius 1 is 1.13 bits per heavy atom. The smallest absolute Gasteiger partial charge is 0.269 e. The zero-order valence-corrected chi connectivity index (χ0v) is 15.9. The van der Waals surface area contributed by atoms with Crippen molar-refractivity contribution in [2.75, 3.05) is 0 Å². The molecule has 0 bridgehead atoms. The van der Waals surface area contributed by atoms with E-state index in [4.69, 9.17) is 16.9 Å². The molecule has 13 heteroatoms. The highest BCUT2D eigenvalue weighted by Gasteiger charge is 2.42. The van der Waals surface area contributed by atoms with Crippen LogP contribution in [0, 0.1) is 17.2 Å². The van der Waals surface area contributed by atoms with Gasteiger partial charge in [0.05, 0.1) is 29.8 Å². The second-order valence-electron chi connectivity index (χ2n) is 7.03. The van der Waals surface area contributed by atoms with E-state index in [-0.39, 0.29) is 22.2 Å². The Labute approximate surface area is 174 Å². The predicted octanol–water partition coefficient (Wildman–Crippen LogP) is 4.26. The molecule has 0 aliphatic heterocycles. The number of nitrogens with zero attached hydrogens (tertiary/aromatic N) is 5. The third kappa shape index (κ3) is 3.97. The van der Waals surface area contributed by atoms with E-state index in [1.807, 2.05) is 6.07 Å². The molecule has 0 aromatic carbocycles. The molecule has 0 unspecified atom stereocenters. The molecule has 1 aliphatic carbocycles. The van der Waals surface area contributed by atoms with E-state index in [2.05, 4.69) is 10.1 Å². The summed E-state index contributed by atoms with van der Waals surface area (Å²) in [6.45, 7) is -0.462. The first-order chi connectivity index (χ1) is 14.4. The topological polar surface area (TPSA) is 76.0 Å². The summed E-state index contributed by atoms with van der Waals surface area (Å²) in [6.07, 6.45) is -9.16. The van der Waals surface area contributed by atoms with Crippen molar-refractivity contribution in [2.24, 2.45) is 5.92 Å². The Hall–Kier alpha value is -3.07. The number of nitriles is 1. The first kappa shape index (κ1) is 21.2. The molecule has 162 valence electrons. The molecule has 1 saturated carbocycles. The lowest BCUT2D eigenvalue weighted by Gasteiger charge is -2.14. The summed E-state index contributed by atoms with van der Waals surface area (Å²) in [6, 6.07) is 5.02. The maximum absolute atomic E-state index is 13.4. The second-order valence-corrected chi connectivity index (χ2v) is 7.42. The van der Waals surface area contributed by atoms with Crippen LogP contribution < -0.4 is 5.56 Å². The summed E-state index contributed by atoms with van der Waals surface area (Å²) >= 11 is 5.76. The van der Waals surface area contributed by atoms with Gasteiger partial charge in [0.2, 0.25) is 0 Å². The Bertz CT molecular complexity index is 1290. The second kappa shape index (κ2) is 6.98. The Morgan fingerprint density at radius 2 is 1.84 bits per heavy atom. The summed E-state index contributed by atoms with van der Waals surface area (Å²) in [5, 5.41) is 12.0. The van der Waals surface area contributed by atoms with E-state index in [1.165, 1.54) is 0 Å². The predicted molar refractivity (Wildman–Crippen MR) is 94.3 cm³/mol. The average Bonchev–Trinajstić information content (AvgIpc) is 3.35. The van der Waals surface area contributed by atoms with Crippen molar-refractivity contribution in [3.8, 4) is 6.07 Å². The Balaban J connectivity index is 1.82. The van der Waals surface area contributed by atoms with E-state index in [9.17, 15) is 31.1 Å². The van der Waals surface area contributed by atoms with Crippen molar-refractivity contribution in [3.63, 3.8) is 0 Å². The molecule has 0 radical (unpaired) electrons. The van der Waals surface area contributed by atoms with Crippen LogP contribution in [0.1, 0.15) is 35.0 Å².